The van der Waals surface area contributed by atoms with Gasteiger partial charge >= 0.3 is 5.97 Å². The van der Waals surface area contributed by atoms with Gasteiger partial charge in [-0.1, -0.05) is 35.9 Å². The topological polar surface area (TPSA) is 64.6 Å². The summed E-state index contributed by atoms with van der Waals surface area (Å²) in [4.78, 5) is 23.8. The molecule has 0 aliphatic rings. The van der Waals surface area contributed by atoms with Crippen LogP contribution in [0.3, 0.4) is 0 Å². The van der Waals surface area contributed by atoms with Gasteiger partial charge in [0.15, 0.2) is 12.7 Å². The van der Waals surface area contributed by atoms with Gasteiger partial charge in [-0.05, 0) is 44.5 Å². The van der Waals surface area contributed by atoms with Gasteiger partial charge < -0.3 is 14.8 Å². The number of aryl methyl sites for hydroxylation is 2. The fourth-order valence-corrected chi connectivity index (χ4v) is 2.15. The van der Waals surface area contributed by atoms with E-state index in [-0.39, 0.29) is 12.5 Å². The average Bonchev–Trinajstić information content (AvgIpc) is 2.55. The van der Waals surface area contributed by atoms with Gasteiger partial charge in [-0.15, -0.1) is 0 Å². The van der Waals surface area contributed by atoms with E-state index < -0.39 is 12.1 Å². The molecular formula is C19H21NO4. The monoisotopic (exact) mass is 327 g/mol. The summed E-state index contributed by atoms with van der Waals surface area (Å²) in [5.41, 5.74) is 2.71. The standard InChI is InChI=1S/C19H21NO4/c1-13-9-10-17(14(2)11-13)23-12-18(21)24-15(3)19(22)20-16-7-5-4-6-8-16/h4-11,15H,12H2,1-3H3,(H,20,22)/t15-/m0/s1. The molecule has 0 spiro atoms. The molecule has 0 saturated carbocycles. The van der Waals surface area contributed by atoms with Crippen molar-refractivity contribution in [3.05, 3.63) is 59.7 Å². The maximum absolute atomic E-state index is 12.0. The van der Waals surface area contributed by atoms with Crippen LogP contribution in [0, 0.1) is 13.8 Å². The fraction of sp³-hybridized carbons (Fsp3) is 0.263. The number of amides is 1. The van der Waals surface area contributed by atoms with Crippen molar-refractivity contribution in [3.8, 4) is 5.75 Å². The van der Waals surface area contributed by atoms with E-state index in [0.717, 1.165) is 11.1 Å². The second-order valence-electron chi connectivity index (χ2n) is 5.54. The first-order valence-corrected chi connectivity index (χ1v) is 7.71. The number of rotatable bonds is 6. The van der Waals surface area contributed by atoms with Crippen LogP contribution >= 0.6 is 0 Å². The Kier molecular flexibility index (Phi) is 5.95. The van der Waals surface area contributed by atoms with Crippen molar-refractivity contribution in [1.29, 1.82) is 0 Å². The zero-order valence-electron chi connectivity index (χ0n) is 14.0. The van der Waals surface area contributed by atoms with Crippen LogP contribution in [0.15, 0.2) is 48.5 Å². The molecule has 0 saturated heterocycles. The Balaban J connectivity index is 1.81. The molecule has 1 amide bonds. The molecule has 0 fully saturated rings. The number of benzene rings is 2. The van der Waals surface area contributed by atoms with E-state index in [4.69, 9.17) is 9.47 Å². The summed E-state index contributed by atoms with van der Waals surface area (Å²) >= 11 is 0. The van der Waals surface area contributed by atoms with Gasteiger partial charge in [-0.3, -0.25) is 4.79 Å². The molecule has 0 aromatic heterocycles. The summed E-state index contributed by atoms with van der Waals surface area (Å²) in [5, 5.41) is 2.68. The average molecular weight is 327 g/mol. The number of nitrogens with one attached hydrogen (secondary N) is 1. The molecule has 126 valence electrons. The van der Waals surface area contributed by atoms with Crippen molar-refractivity contribution in [3.63, 3.8) is 0 Å². The predicted molar refractivity (Wildman–Crippen MR) is 92.0 cm³/mol. The van der Waals surface area contributed by atoms with E-state index in [9.17, 15) is 9.59 Å². The third-order valence-electron chi connectivity index (χ3n) is 3.39. The van der Waals surface area contributed by atoms with E-state index in [2.05, 4.69) is 5.32 Å². The third kappa shape index (κ3) is 5.12. The maximum atomic E-state index is 12.0. The summed E-state index contributed by atoms with van der Waals surface area (Å²) in [6.45, 7) is 5.17. The Morgan fingerprint density at radius 3 is 2.46 bits per heavy atom. The van der Waals surface area contributed by atoms with Crippen molar-refractivity contribution in [2.45, 2.75) is 26.9 Å². The lowest BCUT2D eigenvalue weighted by Crippen LogP contribution is -2.31. The second-order valence-corrected chi connectivity index (χ2v) is 5.54. The molecule has 5 heteroatoms. The summed E-state index contributed by atoms with van der Waals surface area (Å²) < 4.78 is 10.5. The van der Waals surface area contributed by atoms with Crippen LogP contribution in [-0.4, -0.2) is 24.6 Å². The molecule has 5 nitrogen and oxygen atoms in total. The Labute approximate surface area is 141 Å². The molecule has 2 aromatic rings. The van der Waals surface area contributed by atoms with Gasteiger partial charge in [-0.25, -0.2) is 4.79 Å². The Bertz CT molecular complexity index is 713. The smallest absolute Gasteiger partial charge is 0.344 e. The number of esters is 1. The molecule has 1 atom stereocenters. The van der Waals surface area contributed by atoms with Gasteiger partial charge in [-0.2, -0.15) is 0 Å². The number of carbonyl (C=O) groups is 2. The zero-order valence-corrected chi connectivity index (χ0v) is 14.0. The van der Waals surface area contributed by atoms with Gasteiger partial charge in [0.1, 0.15) is 5.75 Å². The van der Waals surface area contributed by atoms with Crippen LogP contribution < -0.4 is 10.1 Å². The van der Waals surface area contributed by atoms with E-state index in [1.807, 2.05) is 50.2 Å². The SMILES string of the molecule is Cc1ccc(OCC(=O)O[C@@H](C)C(=O)Nc2ccccc2)c(C)c1. The zero-order chi connectivity index (χ0) is 17.5. The summed E-state index contributed by atoms with van der Waals surface area (Å²) in [6, 6.07) is 14.7. The Hall–Kier alpha value is -2.82. The molecule has 0 unspecified atom stereocenters. The maximum Gasteiger partial charge on any atom is 0.344 e. The minimum Gasteiger partial charge on any atom is -0.482 e. The first-order chi connectivity index (χ1) is 11.5. The largest absolute Gasteiger partial charge is 0.482 e. The first-order valence-electron chi connectivity index (χ1n) is 7.71. The molecule has 0 aliphatic heterocycles. The van der Waals surface area contributed by atoms with Crippen LogP contribution in [0.25, 0.3) is 0 Å². The summed E-state index contributed by atoms with van der Waals surface area (Å²) in [7, 11) is 0. The number of ether oxygens (including phenoxy) is 2. The van der Waals surface area contributed by atoms with Gasteiger partial charge in [0, 0.05) is 5.69 Å². The van der Waals surface area contributed by atoms with E-state index >= 15 is 0 Å². The quantitative estimate of drug-likeness (QED) is 0.827. The highest BCUT2D eigenvalue weighted by Crippen LogP contribution is 2.18. The van der Waals surface area contributed by atoms with Crippen LogP contribution in [0.5, 0.6) is 5.75 Å². The Morgan fingerprint density at radius 1 is 1.08 bits per heavy atom. The molecule has 24 heavy (non-hydrogen) atoms. The van der Waals surface area contributed by atoms with Crippen molar-refractivity contribution < 1.29 is 19.1 Å². The lowest BCUT2D eigenvalue weighted by Gasteiger charge is -2.14. The number of hydrogen-bond acceptors (Lipinski definition) is 4. The molecule has 0 radical (unpaired) electrons. The van der Waals surface area contributed by atoms with Crippen LogP contribution in [0.2, 0.25) is 0 Å². The highest BCUT2D eigenvalue weighted by atomic mass is 16.6. The third-order valence-corrected chi connectivity index (χ3v) is 3.39. The molecule has 2 rings (SSSR count). The number of para-hydroxylation sites is 1. The molecule has 0 bridgehead atoms. The number of carbonyl (C=O) groups excluding carboxylic acids is 2. The van der Waals surface area contributed by atoms with E-state index in [0.29, 0.717) is 11.4 Å². The first kappa shape index (κ1) is 17.5. The molecule has 1 N–H and O–H groups in total. The van der Waals surface area contributed by atoms with Gasteiger partial charge in [0.05, 0.1) is 0 Å². The summed E-state index contributed by atoms with van der Waals surface area (Å²) in [5.74, 6) is -0.356. The minimum atomic E-state index is -0.902. The Morgan fingerprint density at radius 2 is 1.79 bits per heavy atom. The highest BCUT2D eigenvalue weighted by molar-refractivity contribution is 5.95. The van der Waals surface area contributed by atoms with Crippen molar-refractivity contribution in [2.75, 3.05) is 11.9 Å². The molecule has 0 heterocycles. The van der Waals surface area contributed by atoms with Crippen LogP contribution in [0.4, 0.5) is 5.69 Å². The number of hydrogen-bond donors (Lipinski definition) is 1. The van der Waals surface area contributed by atoms with Crippen LogP contribution in [0.1, 0.15) is 18.1 Å². The van der Waals surface area contributed by atoms with Crippen molar-refractivity contribution >= 4 is 17.6 Å². The lowest BCUT2D eigenvalue weighted by molar-refractivity contribution is -0.155. The van der Waals surface area contributed by atoms with Gasteiger partial charge in [0.2, 0.25) is 0 Å². The van der Waals surface area contributed by atoms with E-state index in [1.54, 1.807) is 12.1 Å². The minimum absolute atomic E-state index is 0.243. The normalized spacial score (nSPS) is 11.5. The molecule has 2 aromatic carbocycles. The number of anilines is 1. The lowest BCUT2D eigenvalue weighted by atomic mass is 10.1. The second kappa shape index (κ2) is 8.15. The molecule has 0 aliphatic carbocycles. The molecular weight excluding hydrogens is 306 g/mol. The highest BCUT2D eigenvalue weighted by Gasteiger charge is 2.18. The van der Waals surface area contributed by atoms with Crippen molar-refractivity contribution in [2.24, 2.45) is 0 Å². The predicted octanol–water partition coefficient (Wildman–Crippen LogP) is 3.25. The van der Waals surface area contributed by atoms with Gasteiger partial charge in [0.25, 0.3) is 5.91 Å². The summed E-state index contributed by atoms with van der Waals surface area (Å²) in [6.07, 6.45) is -0.902. The van der Waals surface area contributed by atoms with E-state index in [1.165, 1.54) is 6.92 Å². The fourth-order valence-electron chi connectivity index (χ4n) is 2.15. The van der Waals surface area contributed by atoms with Crippen molar-refractivity contribution in [1.82, 2.24) is 0 Å². The van der Waals surface area contributed by atoms with Crippen LogP contribution in [-0.2, 0) is 14.3 Å².